The van der Waals surface area contributed by atoms with Gasteiger partial charge in [0.05, 0.1) is 29.3 Å². The van der Waals surface area contributed by atoms with E-state index in [0.717, 1.165) is 34.7 Å². The molecule has 31 heavy (non-hydrogen) atoms. The molecule has 0 atom stereocenters. The van der Waals surface area contributed by atoms with Crippen molar-refractivity contribution in [1.82, 2.24) is 15.0 Å². The van der Waals surface area contributed by atoms with Gasteiger partial charge in [-0.1, -0.05) is 33.9 Å². The van der Waals surface area contributed by atoms with E-state index in [9.17, 15) is 13.2 Å². The van der Waals surface area contributed by atoms with Crippen molar-refractivity contribution in [2.45, 2.75) is 39.4 Å². The molecular weight excluding hydrogens is 424 g/mol. The van der Waals surface area contributed by atoms with E-state index < -0.39 is 11.7 Å². The van der Waals surface area contributed by atoms with Crippen LogP contribution in [0, 0.1) is 0 Å². The molecule has 4 rings (SSSR count). The molecule has 1 N–H and O–H groups in total. The average Bonchev–Trinajstić information content (AvgIpc) is 2.78. The van der Waals surface area contributed by atoms with E-state index in [2.05, 4.69) is 34.1 Å². The number of aryl methyl sites for hydroxylation is 1. The highest BCUT2D eigenvalue weighted by Gasteiger charge is 2.35. The molecule has 1 aliphatic rings. The first kappa shape index (κ1) is 21.8. The predicted octanol–water partition coefficient (Wildman–Crippen LogP) is 5.13. The Balaban J connectivity index is 1.78. The second-order valence-electron chi connectivity index (χ2n) is 7.32. The minimum absolute atomic E-state index is 0.113. The van der Waals surface area contributed by atoms with Gasteiger partial charge in [0.25, 0.3) is 0 Å². The molecule has 0 spiro atoms. The van der Waals surface area contributed by atoms with Crippen molar-refractivity contribution in [3.63, 3.8) is 0 Å². The number of para-hydroxylation sites is 1. The first-order chi connectivity index (χ1) is 14.9. The van der Waals surface area contributed by atoms with E-state index in [0.29, 0.717) is 30.0 Å². The number of hydrogen-bond donors (Lipinski definition) is 1. The summed E-state index contributed by atoms with van der Waals surface area (Å²) in [5.74, 6) is 1.14. The number of nitrogens with one attached hydrogen (secondary N) is 1. The number of fused-ring (bicyclic) bond motifs is 5. The lowest BCUT2D eigenvalue weighted by Crippen LogP contribution is -2.13. The molecule has 0 fully saturated rings. The summed E-state index contributed by atoms with van der Waals surface area (Å²) in [5, 5.41) is 4.09. The summed E-state index contributed by atoms with van der Waals surface area (Å²) in [6, 6.07) is 6.15. The van der Waals surface area contributed by atoms with Crippen LogP contribution < -0.4 is 15.5 Å². The van der Waals surface area contributed by atoms with Crippen LogP contribution in [-0.2, 0) is 19.1 Å². The van der Waals surface area contributed by atoms with E-state index in [1.54, 1.807) is 12.3 Å². The first-order valence-electron chi connectivity index (χ1n) is 10.4. The molecule has 5 nitrogen and oxygen atoms in total. The molecule has 164 valence electrons. The third-order valence-electron chi connectivity index (χ3n) is 5.34. The van der Waals surface area contributed by atoms with Crippen molar-refractivity contribution in [2.24, 2.45) is 0 Å². The summed E-state index contributed by atoms with van der Waals surface area (Å²) >= 11 is 0. The Morgan fingerprint density at radius 2 is 1.97 bits per heavy atom. The Kier molecular flexibility index (Phi) is 6.28. The van der Waals surface area contributed by atoms with Crippen LogP contribution in [0.1, 0.15) is 37.2 Å². The molecule has 0 amide bonds. The molecule has 0 saturated carbocycles. The van der Waals surface area contributed by atoms with E-state index in [1.165, 1.54) is 6.07 Å². The molecule has 2 aromatic heterocycles. The van der Waals surface area contributed by atoms with E-state index in [1.807, 2.05) is 6.07 Å². The van der Waals surface area contributed by atoms with Crippen LogP contribution >= 0.6 is 7.92 Å². The Hall–Kier alpha value is -2.47. The van der Waals surface area contributed by atoms with Crippen LogP contribution in [0.5, 0.6) is 5.75 Å². The Morgan fingerprint density at radius 1 is 1.16 bits per heavy atom. The SMILES string of the molecule is CCP(CC)c1cc2c3nc(nc2cn1)CCCOc1c(cccc1C(F)(F)F)CN3. The number of hydrogen-bond acceptors (Lipinski definition) is 5. The normalized spacial score (nSPS) is 14.5. The zero-order valence-electron chi connectivity index (χ0n) is 17.5. The van der Waals surface area contributed by atoms with Crippen LogP contribution in [0.25, 0.3) is 10.9 Å². The largest absolute Gasteiger partial charge is 0.493 e. The van der Waals surface area contributed by atoms with Crippen molar-refractivity contribution in [2.75, 3.05) is 24.2 Å². The standard InChI is InChI=1S/C22H24F3N4OP/c1-3-31(4-2)19-11-15-17(13-26-19)28-18-9-6-10-30-20-14(12-27-21(15)29-18)7-5-8-16(20)22(23,24)25/h5,7-8,11,13H,3-4,6,9-10,12H2,1-2H3,(H,27,28,29). The van der Waals surface area contributed by atoms with Gasteiger partial charge in [0.15, 0.2) is 0 Å². The van der Waals surface area contributed by atoms with E-state index in [-0.39, 0.29) is 26.8 Å². The third-order valence-corrected chi connectivity index (χ3v) is 7.76. The highest BCUT2D eigenvalue weighted by Crippen LogP contribution is 2.39. The fourth-order valence-electron chi connectivity index (χ4n) is 3.74. The lowest BCUT2D eigenvalue weighted by molar-refractivity contribution is -0.139. The van der Waals surface area contributed by atoms with Crippen LogP contribution in [0.4, 0.5) is 19.0 Å². The number of benzene rings is 1. The minimum Gasteiger partial charge on any atom is -0.493 e. The highest BCUT2D eigenvalue weighted by molar-refractivity contribution is 7.65. The number of aromatic nitrogens is 3. The van der Waals surface area contributed by atoms with E-state index >= 15 is 0 Å². The van der Waals surface area contributed by atoms with Crippen LogP contribution in [-0.4, -0.2) is 33.9 Å². The number of anilines is 1. The summed E-state index contributed by atoms with van der Waals surface area (Å²) in [4.78, 5) is 13.9. The van der Waals surface area contributed by atoms with Gasteiger partial charge in [0.1, 0.15) is 17.4 Å². The van der Waals surface area contributed by atoms with Gasteiger partial charge in [-0.3, -0.25) is 4.98 Å². The molecule has 0 unspecified atom stereocenters. The van der Waals surface area contributed by atoms with Crippen molar-refractivity contribution in [1.29, 1.82) is 0 Å². The van der Waals surface area contributed by atoms with Gasteiger partial charge in [0, 0.05) is 23.9 Å². The number of nitrogens with zero attached hydrogens (tertiary/aromatic N) is 3. The summed E-state index contributed by atoms with van der Waals surface area (Å²) < 4.78 is 46.2. The Labute approximate surface area is 180 Å². The Morgan fingerprint density at radius 3 is 2.71 bits per heavy atom. The van der Waals surface area contributed by atoms with Crippen LogP contribution in [0.15, 0.2) is 30.5 Å². The van der Waals surface area contributed by atoms with Crippen molar-refractivity contribution in [3.05, 3.63) is 47.4 Å². The number of pyridine rings is 1. The number of alkyl halides is 3. The molecule has 3 aromatic rings. The second kappa shape index (κ2) is 8.95. The maximum absolute atomic E-state index is 13.5. The molecule has 1 aromatic carbocycles. The van der Waals surface area contributed by atoms with Gasteiger partial charge in [-0.05, 0) is 30.9 Å². The maximum Gasteiger partial charge on any atom is 0.419 e. The van der Waals surface area contributed by atoms with Gasteiger partial charge >= 0.3 is 6.18 Å². The molecule has 0 aliphatic carbocycles. The molecule has 2 bridgehead atoms. The minimum atomic E-state index is -4.48. The summed E-state index contributed by atoms with van der Waals surface area (Å²) in [7, 11) is -0.356. The smallest absolute Gasteiger partial charge is 0.419 e. The monoisotopic (exact) mass is 448 g/mol. The highest BCUT2D eigenvalue weighted by atomic mass is 31.1. The topological polar surface area (TPSA) is 59.9 Å². The molecule has 3 heterocycles. The lowest BCUT2D eigenvalue weighted by atomic mass is 10.1. The number of rotatable bonds is 3. The maximum atomic E-state index is 13.5. The second-order valence-corrected chi connectivity index (χ2v) is 10.1. The van der Waals surface area contributed by atoms with Gasteiger partial charge < -0.3 is 10.1 Å². The summed E-state index contributed by atoms with van der Waals surface area (Å²) in [6.45, 7) is 4.64. The van der Waals surface area contributed by atoms with Gasteiger partial charge in [-0.15, -0.1) is 0 Å². The third kappa shape index (κ3) is 4.59. The van der Waals surface area contributed by atoms with Crippen molar-refractivity contribution in [3.8, 4) is 5.75 Å². The average molecular weight is 448 g/mol. The van der Waals surface area contributed by atoms with Gasteiger partial charge in [-0.2, -0.15) is 13.2 Å². The molecule has 0 saturated heterocycles. The van der Waals surface area contributed by atoms with Crippen LogP contribution in [0.2, 0.25) is 0 Å². The predicted molar refractivity (Wildman–Crippen MR) is 118 cm³/mol. The number of ether oxygens (including phenoxy) is 1. The first-order valence-corrected chi connectivity index (χ1v) is 12.1. The van der Waals surface area contributed by atoms with Gasteiger partial charge in [-0.25, -0.2) is 9.97 Å². The quantitative estimate of drug-likeness (QED) is 0.563. The zero-order valence-corrected chi connectivity index (χ0v) is 18.4. The zero-order chi connectivity index (χ0) is 22.0. The molecule has 1 aliphatic heterocycles. The van der Waals surface area contributed by atoms with Crippen molar-refractivity contribution >= 4 is 30.1 Å². The summed E-state index contributed by atoms with van der Waals surface area (Å²) in [5.41, 5.74) is 1.47. The number of halogens is 3. The van der Waals surface area contributed by atoms with Crippen molar-refractivity contribution < 1.29 is 17.9 Å². The van der Waals surface area contributed by atoms with Gasteiger partial charge in [0.2, 0.25) is 0 Å². The van der Waals surface area contributed by atoms with E-state index in [4.69, 9.17) is 4.74 Å². The van der Waals surface area contributed by atoms with Crippen LogP contribution in [0.3, 0.4) is 0 Å². The fourth-order valence-corrected chi connectivity index (χ4v) is 5.37. The lowest BCUT2D eigenvalue weighted by Gasteiger charge is -2.18. The molecule has 9 heteroatoms. The fraction of sp³-hybridized carbons (Fsp3) is 0.409. The summed E-state index contributed by atoms with van der Waals surface area (Å²) in [6.07, 6.45) is 0.403. The molecular formula is C22H24F3N4OP. The Bertz CT molecular complexity index is 1090. The molecule has 0 radical (unpaired) electrons.